The van der Waals surface area contributed by atoms with E-state index in [1.54, 1.807) is 6.92 Å². The molecule has 2 rings (SSSR count). The molecule has 1 aliphatic rings. The highest BCUT2D eigenvalue weighted by Crippen LogP contribution is 2.33. The zero-order valence-corrected chi connectivity index (χ0v) is 12.6. The largest absolute Gasteiger partial charge is 0.359 e. The van der Waals surface area contributed by atoms with Crippen molar-refractivity contribution in [1.82, 2.24) is 14.6 Å². The standard InChI is InChI=1S/C13H16N4O3S/c1-13(12(18)15-2)5-6-17(9-13)21(19,20)11-4-3-10(7-14)16-8-11/h3-4,8H,5-6,9H2,1-2H3,(H,15,18). The van der Waals surface area contributed by atoms with Gasteiger partial charge in [-0.1, -0.05) is 0 Å². The predicted octanol–water partition coefficient (Wildman–Crippen LogP) is 0.1000. The Labute approximate surface area is 123 Å². The van der Waals surface area contributed by atoms with E-state index in [9.17, 15) is 13.2 Å². The second kappa shape index (κ2) is 5.42. The van der Waals surface area contributed by atoms with E-state index in [0.717, 1.165) is 0 Å². The van der Waals surface area contributed by atoms with Gasteiger partial charge >= 0.3 is 0 Å². The van der Waals surface area contributed by atoms with Gasteiger partial charge in [0.25, 0.3) is 0 Å². The molecule has 0 bridgehead atoms. The molecule has 112 valence electrons. The number of amides is 1. The van der Waals surface area contributed by atoms with Crippen molar-refractivity contribution < 1.29 is 13.2 Å². The number of carbonyl (C=O) groups is 1. The minimum absolute atomic E-state index is 0.0302. The molecule has 7 nitrogen and oxygen atoms in total. The Hall–Kier alpha value is -1.98. The summed E-state index contributed by atoms with van der Waals surface area (Å²) in [7, 11) is -2.16. The van der Waals surface area contributed by atoms with Crippen LogP contribution in [0.25, 0.3) is 0 Å². The number of aromatic nitrogens is 1. The van der Waals surface area contributed by atoms with Crippen molar-refractivity contribution in [3.8, 4) is 6.07 Å². The van der Waals surface area contributed by atoms with Gasteiger partial charge < -0.3 is 5.32 Å². The van der Waals surface area contributed by atoms with Gasteiger partial charge in [0.2, 0.25) is 15.9 Å². The van der Waals surface area contributed by atoms with Crippen LogP contribution in [0.5, 0.6) is 0 Å². The number of hydrogen-bond acceptors (Lipinski definition) is 5. The van der Waals surface area contributed by atoms with Crippen LogP contribution in [-0.4, -0.2) is 43.8 Å². The fourth-order valence-corrected chi connectivity index (χ4v) is 3.87. The monoisotopic (exact) mass is 308 g/mol. The first-order chi connectivity index (χ1) is 9.83. The van der Waals surface area contributed by atoms with Gasteiger partial charge in [-0.25, -0.2) is 13.4 Å². The number of hydrogen-bond donors (Lipinski definition) is 1. The maximum Gasteiger partial charge on any atom is 0.244 e. The van der Waals surface area contributed by atoms with Crippen LogP contribution in [-0.2, 0) is 14.8 Å². The number of carbonyl (C=O) groups excluding carboxylic acids is 1. The number of rotatable bonds is 3. The number of nitrogens with one attached hydrogen (secondary N) is 1. The van der Waals surface area contributed by atoms with Crippen LogP contribution in [0, 0.1) is 16.7 Å². The van der Waals surface area contributed by atoms with Crippen molar-refractivity contribution in [3.05, 3.63) is 24.0 Å². The lowest BCUT2D eigenvalue weighted by Crippen LogP contribution is -2.40. The van der Waals surface area contributed by atoms with Crippen molar-refractivity contribution in [2.24, 2.45) is 5.41 Å². The predicted molar refractivity (Wildman–Crippen MR) is 74.5 cm³/mol. The molecule has 1 N–H and O–H groups in total. The Morgan fingerprint density at radius 2 is 2.24 bits per heavy atom. The summed E-state index contributed by atoms with van der Waals surface area (Å²) < 4.78 is 26.3. The number of pyridine rings is 1. The van der Waals surface area contributed by atoms with E-state index >= 15 is 0 Å². The van der Waals surface area contributed by atoms with E-state index in [1.165, 1.54) is 29.7 Å². The maximum absolute atomic E-state index is 12.5. The molecule has 21 heavy (non-hydrogen) atoms. The van der Waals surface area contributed by atoms with Crippen molar-refractivity contribution in [3.63, 3.8) is 0 Å². The van der Waals surface area contributed by atoms with Gasteiger partial charge in [0.15, 0.2) is 0 Å². The highest BCUT2D eigenvalue weighted by molar-refractivity contribution is 7.89. The van der Waals surface area contributed by atoms with Gasteiger partial charge in [0.1, 0.15) is 16.7 Å². The molecule has 2 heterocycles. The van der Waals surface area contributed by atoms with Gasteiger partial charge in [0.05, 0.1) is 5.41 Å². The smallest absolute Gasteiger partial charge is 0.244 e. The van der Waals surface area contributed by atoms with Crippen molar-refractivity contribution >= 4 is 15.9 Å². The molecule has 1 unspecified atom stereocenters. The molecule has 0 spiro atoms. The Morgan fingerprint density at radius 1 is 1.52 bits per heavy atom. The molecule has 0 saturated carbocycles. The summed E-state index contributed by atoms with van der Waals surface area (Å²) in [5.74, 6) is -0.168. The van der Waals surface area contributed by atoms with Crippen molar-refractivity contribution in [2.45, 2.75) is 18.2 Å². The molecule has 1 aromatic heterocycles. The van der Waals surface area contributed by atoms with Crippen LogP contribution in [0.2, 0.25) is 0 Å². The average Bonchev–Trinajstić information content (AvgIpc) is 2.91. The number of nitrogens with zero attached hydrogens (tertiary/aromatic N) is 3. The highest BCUT2D eigenvalue weighted by Gasteiger charge is 2.44. The topological polar surface area (TPSA) is 103 Å². The first-order valence-corrected chi connectivity index (χ1v) is 7.86. The van der Waals surface area contributed by atoms with Crippen molar-refractivity contribution in [2.75, 3.05) is 20.1 Å². The van der Waals surface area contributed by atoms with Gasteiger partial charge in [-0.05, 0) is 25.5 Å². The normalized spacial score (nSPS) is 22.7. The molecule has 8 heteroatoms. The Morgan fingerprint density at radius 3 is 2.76 bits per heavy atom. The first-order valence-electron chi connectivity index (χ1n) is 6.42. The van der Waals surface area contributed by atoms with Crippen molar-refractivity contribution in [1.29, 1.82) is 5.26 Å². The number of sulfonamides is 1. The molecule has 1 amide bonds. The van der Waals surface area contributed by atoms with Gasteiger partial charge in [-0.15, -0.1) is 0 Å². The molecule has 1 saturated heterocycles. The number of nitriles is 1. The van der Waals surface area contributed by atoms with E-state index in [-0.39, 0.29) is 29.6 Å². The second-order valence-electron chi connectivity index (χ2n) is 5.22. The quantitative estimate of drug-likeness (QED) is 0.853. The molecule has 0 aromatic carbocycles. The van der Waals surface area contributed by atoms with E-state index in [0.29, 0.717) is 6.42 Å². The summed E-state index contributed by atoms with van der Waals surface area (Å²) in [6, 6.07) is 4.56. The summed E-state index contributed by atoms with van der Waals surface area (Å²) >= 11 is 0. The summed E-state index contributed by atoms with van der Waals surface area (Å²) in [6.45, 7) is 2.17. The lowest BCUT2D eigenvalue weighted by molar-refractivity contribution is -0.128. The SMILES string of the molecule is CNC(=O)C1(C)CCN(S(=O)(=O)c2ccc(C#N)nc2)C1. The maximum atomic E-state index is 12.5. The van der Waals surface area contributed by atoms with Gasteiger partial charge in [-0.2, -0.15) is 9.57 Å². The Kier molecular flexibility index (Phi) is 3.98. The molecule has 0 radical (unpaired) electrons. The summed E-state index contributed by atoms with van der Waals surface area (Å²) in [6.07, 6.45) is 1.64. The van der Waals surface area contributed by atoms with Crippen LogP contribution in [0.1, 0.15) is 19.0 Å². The van der Waals surface area contributed by atoms with Crippen LogP contribution in [0.3, 0.4) is 0 Å². The zero-order valence-electron chi connectivity index (χ0n) is 11.8. The van der Waals surface area contributed by atoms with E-state index in [1.807, 2.05) is 6.07 Å². The molecule has 0 aliphatic carbocycles. The Balaban J connectivity index is 2.25. The lowest BCUT2D eigenvalue weighted by Gasteiger charge is -2.22. The lowest BCUT2D eigenvalue weighted by atomic mass is 9.89. The minimum atomic E-state index is -3.70. The summed E-state index contributed by atoms with van der Waals surface area (Å²) in [4.78, 5) is 15.7. The van der Waals surface area contributed by atoms with Gasteiger partial charge in [-0.3, -0.25) is 4.79 Å². The molecular weight excluding hydrogens is 292 g/mol. The van der Waals surface area contributed by atoms with E-state index in [4.69, 9.17) is 5.26 Å². The van der Waals surface area contributed by atoms with Crippen LogP contribution >= 0.6 is 0 Å². The minimum Gasteiger partial charge on any atom is -0.359 e. The van der Waals surface area contributed by atoms with E-state index < -0.39 is 15.4 Å². The average molecular weight is 308 g/mol. The fraction of sp³-hybridized carbons (Fsp3) is 0.462. The van der Waals surface area contributed by atoms with Gasteiger partial charge in [0, 0.05) is 26.3 Å². The molecule has 1 fully saturated rings. The zero-order chi connectivity index (χ0) is 15.7. The molecular formula is C13H16N4O3S. The third-order valence-electron chi connectivity index (χ3n) is 3.70. The molecule has 1 atom stereocenters. The molecule has 1 aromatic rings. The van der Waals surface area contributed by atoms with E-state index in [2.05, 4.69) is 10.3 Å². The summed E-state index contributed by atoms with van der Waals surface area (Å²) in [5.41, 5.74) is -0.562. The third-order valence-corrected chi connectivity index (χ3v) is 5.53. The highest BCUT2D eigenvalue weighted by atomic mass is 32.2. The first kappa shape index (κ1) is 15.4. The second-order valence-corrected chi connectivity index (χ2v) is 7.16. The third kappa shape index (κ3) is 2.75. The van der Waals surface area contributed by atoms with Crippen LogP contribution in [0.15, 0.2) is 23.2 Å². The van der Waals surface area contributed by atoms with Crippen LogP contribution in [0.4, 0.5) is 0 Å². The fourth-order valence-electron chi connectivity index (χ4n) is 2.36. The molecule has 1 aliphatic heterocycles. The van der Waals surface area contributed by atoms with Crippen LogP contribution < -0.4 is 5.32 Å². The Bertz CT molecular complexity index is 693. The summed E-state index contributed by atoms with van der Waals surface area (Å²) in [5, 5.41) is 11.2.